The number of benzene rings is 2. The Balaban J connectivity index is 1.70. The average molecular weight is 469 g/mol. The minimum absolute atomic E-state index is 0.178. The van der Waals surface area contributed by atoms with Gasteiger partial charge < -0.3 is 14.2 Å². The second kappa shape index (κ2) is 7.96. The monoisotopic (exact) mass is 468 g/mol. The van der Waals surface area contributed by atoms with Crippen molar-refractivity contribution in [3.8, 4) is 11.5 Å². The van der Waals surface area contributed by atoms with Gasteiger partial charge in [0.05, 0.1) is 29.0 Å². The summed E-state index contributed by atoms with van der Waals surface area (Å²) in [5.74, 6) is 0.773. The number of methoxy groups -OCH3 is 1. The number of esters is 1. The number of halogens is 1. The Bertz CT molecular complexity index is 1450. The third-order valence-corrected chi connectivity index (χ3v) is 6.54. The molecule has 5 rings (SSSR count). The number of allylic oxidation sites excluding steroid dienone is 1. The maximum atomic E-state index is 13.5. The highest BCUT2D eigenvalue weighted by molar-refractivity contribution is 7.07. The van der Waals surface area contributed by atoms with E-state index in [0.29, 0.717) is 37.1 Å². The van der Waals surface area contributed by atoms with Crippen molar-refractivity contribution in [3.05, 3.63) is 89.6 Å². The van der Waals surface area contributed by atoms with Gasteiger partial charge >= 0.3 is 5.97 Å². The molecule has 0 saturated carbocycles. The van der Waals surface area contributed by atoms with E-state index in [-0.39, 0.29) is 12.4 Å². The zero-order valence-corrected chi connectivity index (χ0v) is 18.7. The Hall–Kier alpha value is -3.36. The Morgan fingerprint density at radius 2 is 1.97 bits per heavy atom. The first-order valence-electron chi connectivity index (χ1n) is 9.72. The van der Waals surface area contributed by atoms with Crippen molar-refractivity contribution in [3.63, 3.8) is 0 Å². The summed E-state index contributed by atoms with van der Waals surface area (Å²) in [4.78, 5) is 31.2. The highest BCUT2D eigenvalue weighted by Gasteiger charge is 2.33. The van der Waals surface area contributed by atoms with Gasteiger partial charge in [-0.25, -0.2) is 9.79 Å². The Morgan fingerprint density at radius 1 is 1.22 bits per heavy atom. The van der Waals surface area contributed by atoms with E-state index in [0.717, 1.165) is 11.1 Å². The number of nitrogens with zero attached hydrogens (tertiary/aromatic N) is 2. The third kappa shape index (κ3) is 3.41. The quantitative estimate of drug-likeness (QED) is 0.552. The second-order valence-corrected chi connectivity index (χ2v) is 8.68. The first-order valence-corrected chi connectivity index (χ1v) is 10.9. The maximum absolute atomic E-state index is 13.5. The summed E-state index contributed by atoms with van der Waals surface area (Å²) in [6.07, 6.45) is 1.78. The molecule has 0 bridgehead atoms. The number of carbonyl (C=O) groups excluding carboxylic acids is 1. The fourth-order valence-corrected chi connectivity index (χ4v) is 4.98. The van der Waals surface area contributed by atoms with Crippen LogP contribution >= 0.6 is 22.9 Å². The van der Waals surface area contributed by atoms with Crippen LogP contribution in [0.4, 0.5) is 0 Å². The summed E-state index contributed by atoms with van der Waals surface area (Å²) in [6, 6.07) is 11.9. The van der Waals surface area contributed by atoms with Gasteiger partial charge in [0.15, 0.2) is 16.3 Å². The van der Waals surface area contributed by atoms with E-state index in [1.807, 2.05) is 12.1 Å². The van der Waals surface area contributed by atoms with Crippen molar-refractivity contribution in [2.24, 2.45) is 4.99 Å². The molecule has 162 valence electrons. The van der Waals surface area contributed by atoms with E-state index in [2.05, 4.69) is 4.99 Å². The zero-order valence-electron chi connectivity index (χ0n) is 17.1. The van der Waals surface area contributed by atoms with Crippen molar-refractivity contribution in [1.29, 1.82) is 0 Å². The summed E-state index contributed by atoms with van der Waals surface area (Å²) in [6.45, 7) is 1.92. The number of rotatable bonds is 3. The molecule has 0 radical (unpaired) electrons. The second-order valence-electron chi connectivity index (χ2n) is 7.24. The van der Waals surface area contributed by atoms with Crippen LogP contribution in [0.15, 0.2) is 63.5 Å². The summed E-state index contributed by atoms with van der Waals surface area (Å²) in [5.41, 5.74) is 2.11. The third-order valence-electron chi connectivity index (χ3n) is 5.31. The molecule has 9 heteroatoms. The van der Waals surface area contributed by atoms with E-state index < -0.39 is 12.0 Å². The number of carbonyl (C=O) groups is 1. The van der Waals surface area contributed by atoms with Gasteiger partial charge in [0, 0.05) is 5.02 Å². The van der Waals surface area contributed by atoms with Gasteiger partial charge in [-0.3, -0.25) is 9.36 Å². The molecule has 2 aliphatic rings. The number of hydrogen-bond donors (Lipinski definition) is 0. The van der Waals surface area contributed by atoms with E-state index >= 15 is 0 Å². The van der Waals surface area contributed by atoms with Gasteiger partial charge in [-0.15, -0.1) is 0 Å². The lowest BCUT2D eigenvalue weighted by Crippen LogP contribution is -2.39. The zero-order chi connectivity index (χ0) is 22.4. The molecule has 3 heterocycles. The Kier molecular flexibility index (Phi) is 5.11. The van der Waals surface area contributed by atoms with Crippen LogP contribution in [-0.4, -0.2) is 24.4 Å². The average Bonchev–Trinajstić information content (AvgIpc) is 3.37. The Labute approximate surface area is 191 Å². The molecule has 0 aliphatic carbocycles. The summed E-state index contributed by atoms with van der Waals surface area (Å²) >= 11 is 7.32. The summed E-state index contributed by atoms with van der Waals surface area (Å²) < 4.78 is 17.8. The standard InChI is InChI=1S/C23H17ClN2O5S/c1-12-19(22(28)29-2)20(14-4-6-15(24)7-5-14)26-21(27)18(32-23(26)25-12)10-13-3-8-16-17(9-13)31-11-30-16/h3-10,20H,11H2,1-2H3/b18-10-. The highest BCUT2D eigenvalue weighted by Crippen LogP contribution is 2.33. The SMILES string of the molecule is COC(=O)C1=C(C)N=c2s/c(=C\c3ccc4c(c3)OCO4)c(=O)n2C1c1ccc(Cl)cc1. The molecule has 0 spiro atoms. The molecule has 7 nitrogen and oxygen atoms in total. The predicted octanol–water partition coefficient (Wildman–Crippen LogP) is 2.79. The van der Waals surface area contributed by atoms with Crippen molar-refractivity contribution < 1.29 is 19.0 Å². The lowest BCUT2D eigenvalue weighted by molar-refractivity contribution is -0.136. The van der Waals surface area contributed by atoms with Crippen molar-refractivity contribution >= 4 is 35.0 Å². The number of aromatic nitrogens is 1. The molecule has 2 aliphatic heterocycles. The van der Waals surface area contributed by atoms with Crippen LogP contribution in [0.25, 0.3) is 6.08 Å². The van der Waals surface area contributed by atoms with E-state index in [4.69, 9.17) is 25.8 Å². The topological polar surface area (TPSA) is 79.1 Å². The smallest absolute Gasteiger partial charge is 0.338 e. The molecule has 32 heavy (non-hydrogen) atoms. The minimum Gasteiger partial charge on any atom is -0.466 e. The molecule has 0 amide bonds. The normalized spacial score (nSPS) is 17.2. The van der Waals surface area contributed by atoms with Gasteiger partial charge in [0.1, 0.15) is 0 Å². The van der Waals surface area contributed by atoms with Crippen LogP contribution < -0.4 is 24.4 Å². The lowest BCUT2D eigenvalue weighted by atomic mass is 9.96. The molecular formula is C23H17ClN2O5S. The van der Waals surface area contributed by atoms with Crippen LogP contribution in [-0.2, 0) is 9.53 Å². The molecule has 0 saturated heterocycles. The van der Waals surface area contributed by atoms with Crippen molar-refractivity contribution in [1.82, 2.24) is 4.57 Å². The highest BCUT2D eigenvalue weighted by atomic mass is 35.5. The first kappa shape index (κ1) is 20.5. The molecule has 2 aromatic carbocycles. The summed E-state index contributed by atoms with van der Waals surface area (Å²) in [7, 11) is 1.31. The molecule has 0 fully saturated rings. The van der Waals surface area contributed by atoms with Crippen LogP contribution in [0.1, 0.15) is 24.1 Å². The fourth-order valence-electron chi connectivity index (χ4n) is 3.81. The van der Waals surface area contributed by atoms with E-state index in [1.165, 1.54) is 23.0 Å². The molecule has 0 N–H and O–H groups in total. The molecule has 1 aromatic heterocycles. The van der Waals surface area contributed by atoms with Crippen LogP contribution in [0, 0.1) is 0 Å². The van der Waals surface area contributed by atoms with E-state index in [9.17, 15) is 9.59 Å². The fraction of sp³-hybridized carbons (Fsp3) is 0.174. The molecule has 1 unspecified atom stereocenters. The van der Waals surface area contributed by atoms with Crippen molar-refractivity contribution in [2.75, 3.05) is 13.9 Å². The van der Waals surface area contributed by atoms with Gasteiger partial charge in [0.2, 0.25) is 6.79 Å². The van der Waals surface area contributed by atoms with Gasteiger partial charge in [0.25, 0.3) is 5.56 Å². The van der Waals surface area contributed by atoms with Crippen LogP contribution in [0.2, 0.25) is 5.02 Å². The van der Waals surface area contributed by atoms with Crippen LogP contribution in [0.3, 0.4) is 0 Å². The van der Waals surface area contributed by atoms with Gasteiger partial charge in [-0.05, 0) is 48.4 Å². The molecule has 3 aromatic rings. The predicted molar refractivity (Wildman–Crippen MR) is 120 cm³/mol. The largest absolute Gasteiger partial charge is 0.466 e. The number of hydrogen-bond acceptors (Lipinski definition) is 7. The van der Waals surface area contributed by atoms with E-state index in [1.54, 1.807) is 43.3 Å². The number of fused-ring (bicyclic) bond motifs is 2. The van der Waals surface area contributed by atoms with Gasteiger partial charge in [-0.1, -0.05) is 41.1 Å². The maximum Gasteiger partial charge on any atom is 0.338 e. The molecular weight excluding hydrogens is 452 g/mol. The Morgan fingerprint density at radius 3 is 2.72 bits per heavy atom. The van der Waals surface area contributed by atoms with Crippen LogP contribution in [0.5, 0.6) is 11.5 Å². The van der Waals surface area contributed by atoms with Crippen molar-refractivity contribution in [2.45, 2.75) is 13.0 Å². The summed E-state index contributed by atoms with van der Waals surface area (Å²) in [5, 5.41) is 0.560. The minimum atomic E-state index is -0.671. The van der Waals surface area contributed by atoms with Gasteiger partial charge in [-0.2, -0.15) is 0 Å². The first-order chi connectivity index (χ1) is 15.5. The lowest BCUT2D eigenvalue weighted by Gasteiger charge is -2.24. The number of ether oxygens (including phenoxy) is 3. The molecule has 1 atom stereocenters. The number of thiazole rings is 1.